The van der Waals surface area contributed by atoms with E-state index >= 15 is 0 Å². The number of likely N-dealkylation sites (N-methyl/N-ethyl adjacent to an activating group) is 2. The first-order chi connectivity index (χ1) is 8.78. The predicted octanol–water partition coefficient (Wildman–Crippen LogP) is 1.09. The van der Waals surface area contributed by atoms with Crippen LogP contribution in [0, 0.1) is 0 Å². The van der Waals surface area contributed by atoms with Crippen LogP contribution in [0.15, 0.2) is 27.6 Å². The molecule has 0 unspecified atom stereocenters. The number of rotatable bonds is 6. The monoisotopic (exact) mass is 349 g/mol. The largest absolute Gasteiger partial charge is 0.326 e. The van der Waals surface area contributed by atoms with Gasteiger partial charge in [-0.1, -0.05) is 6.07 Å². The zero-order valence-corrected chi connectivity index (χ0v) is 13.8. The van der Waals surface area contributed by atoms with Gasteiger partial charge in [0.25, 0.3) is 0 Å². The lowest BCUT2D eigenvalue weighted by atomic mass is 10.2. The van der Waals surface area contributed by atoms with Gasteiger partial charge in [-0.25, -0.2) is 8.42 Å². The number of nitrogens with two attached hydrogens (primary N) is 1. The van der Waals surface area contributed by atoms with Gasteiger partial charge in [-0.3, -0.25) is 0 Å². The standard InChI is InChI=1S/C12H20BrN3O2S/c1-15(2)6-7-16(3)19(17,18)12-8-10(9-14)4-5-11(12)13/h4-5,8H,6-7,9,14H2,1-3H3. The maximum atomic E-state index is 12.5. The number of halogens is 1. The molecule has 0 atom stereocenters. The molecule has 0 aliphatic heterocycles. The van der Waals surface area contributed by atoms with Crippen LogP contribution in [0.1, 0.15) is 5.56 Å². The van der Waals surface area contributed by atoms with E-state index in [0.717, 1.165) is 5.56 Å². The first kappa shape index (κ1) is 16.6. The smallest absolute Gasteiger partial charge is 0.243 e. The molecule has 19 heavy (non-hydrogen) atoms. The van der Waals surface area contributed by atoms with Gasteiger partial charge < -0.3 is 10.6 Å². The SMILES string of the molecule is CN(C)CCN(C)S(=O)(=O)c1cc(CN)ccc1Br. The molecule has 1 aromatic rings. The molecule has 108 valence electrons. The van der Waals surface area contributed by atoms with Crippen molar-refractivity contribution in [1.29, 1.82) is 0 Å². The molecular weight excluding hydrogens is 330 g/mol. The van der Waals surface area contributed by atoms with Crippen molar-refractivity contribution in [3.63, 3.8) is 0 Å². The molecule has 7 heteroatoms. The summed E-state index contributed by atoms with van der Waals surface area (Å²) in [7, 11) is 1.91. The van der Waals surface area contributed by atoms with Gasteiger partial charge in [-0.2, -0.15) is 4.31 Å². The molecule has 0 radical (unpaired) electrons. The molecule has 0 spiro atoms. The summed E-state index contributed by atoms with van der Waals surface area (Å²) in [4.78, 5) is 2.20. The van der Waals surface area contributed by atoms with E-state index in [1.54, 1.807) is 19.2 Å². The third kappa shape index (κ3) is 4.25. The van der Waals surface area contributed by atoms with Crippen molar-refractivity contribution in [2.75, 3.05) is 34.2 Å². The van der Waals surface area contributed by atoms with Crippen molar-refractivity contribution < 1.29 is 8.42 Å². The van der Waals surface area contributed by atoms with Crippen molar-refractivity contribution in [2.24, 2.45) is 5.73 Å². The van der Waals surface area contributed by atoms with E-state index in [1.807, 2.05) is 25.1 Å². The zero-order chi connectivity index (χ0) is 14.6. The first-order valence-corrected chi connectivity index (χ1v) is 8.12. The van der Waals surface area contributed by atoms with Crippen LogP contribution in [0.2, 0.25) is 0 Å². The summed E-state index contributed by atoms with van der Waals surface area (Å²) in [6.07, 6.45) is 0. The van der Waals surface area contributed by atoms with Gasteiger partial charge in [-0.05, 0) is 47.7 Å². The summed E-state index contributed by atoms with van der Waals surface area (Å²) >= 11 is 3.29. The Morgan fingerprint density at radius 1 is 1.21 bits per heavy atom. The highest BCUT2D eigenvalue weighted by molar-refractivity contribution is 9.10. The summed E-state index contributed by atoms with van der Waals surface area (Å²) in [5.41, 5.74) is 6.35. The molecule has 0 bridgehead atoms. The van der Waals surface area contributed by atoms with E-state index in [2.05, 4.69) is 15.9 Å². The van der Waals surface area contributed by atoms with Gasteiger partial charge in [0, 0.05) is 31.2 Å². The Morgan fingerprint density at radius 3 is 2.37 bits per heavy atom. The third-order valence-corrected chi connectivity index (χ3v) is 5.63. The van der Waals surface area contributed by atoms with Crippen molar-refractivity contribution in [3.8, 4) is 0 Å². The second kappa shape index (κ2) is 6.81. The lowest BCUT2D eigenvalue weighted by Gasteiger charge is -2.20. The van der Waals surface area contributed by atoms with Gasteiger partial charge in [0.2, 0.25) is 10.0 Å². The average Bonchev–Trinajstić information content (AvgIpc) is 2.36. The molecule has 0 aliphatic carbocycles. The van der Waals surface area contributed by atoms with Crippen LogP contribution in [0.25, 0.3) is 0 Å². The second-order valence-electron chi connectivity index (χ2n) is 4.60. The average molecular weight is 350 g/mol. The summed E-state index contributed by atoms with van der Waals surface area (Å²) in [6, 6.07) is 5.14. The molecule has 1 rings (SSSR count). The normalized spacial score (nSPS) is 12.4. The molecule has 0 amide bonds. The lowest BCUT2D eigenvalue weighted by molar-refractivity contribution is 0.358. The van der Waals surface area contributed by atoms with Crippen LogP contribution in [-0.2, 0) is 16.6 Å². The molecule has 0 fully saturated rings. The Bertz CT molecular complexity index is 532. The minimum absolute atomic E-state index is 0.261. The van der Waals surface area contributed by atoms with Crippen LogP contribution in [0.3, 0.4) is 0 Å². The van der Waals surface area contributed by atoms with Crippen molar-refractivity contribution >= 4 is 26.0 Å². The lowest BCUT2D eigenvalue weighted by Crippen LogP contribution is -2.33. The van der Waals surface area contributed by atoms with Crippen LogP contribution in [0.4, 0.5) is 0 Å². The minimum Gasteiger partial charge on any atom is -0.326 e. The van der Waals surface area contributed by atoms with E-state index < -0.39 is 10.0 Å². The maximum absolute atomic E-state index is 12.5. The Hall–Kier alpha value is -0.470. The van der Waals surface area contributed by atoms with E-state index in [-0.39, 0.29) is 4.90 Å². The minimum atomic E-state index is -3.49. The number of benzene rings is 1. The summed E-state index contributed by atoms with van der Waals surface area (Å²) in [5.74, 6) is 0. The number of nitrogens with zero attached hydrogens (tertiary/aromatic N) is 2. The van der Waals surface area contributed by atoms with E-state index in [9.17, 15) is 8.42 Å². The summed E-state index contributed by atoms with van der Waals surface area (Å²) < 4.78 is 26.9. The highest BCUT2D eigenvalue weighted by atomic mass is 79.9. The van der Waals surface area contributed by atoms with Gasteiger partial charge in [-0.15, -0.1) is 0 Å². The highest BCUT2D eigenvalue weighted by Crippen LogP contribution is 2.25. The van der Waals surface area contributed by atoms with Crippen molar-refractivity contribution in [2.45, 2.75) is 11.4 Å². The van der Waals surface area contributed by atoms with Gasteiger partial charge in [0.05, 0.1) is 4.90 Å². The fourth-order valence-electron chi connectivity index (χ4n) is 1.50. The quantitative estimate of drug-likeness (QED) is 0.834. The Morgan fingerprint density at radius 2 is 1.84 bits per heavy atom. The van der Waals surface area contributed by atoms with Crippen molar-refractivity contribution in [3.05, 3.63) is 28.2 Å². The molecule has 0 aliphatic rings. The maximum Gasteiger partial charge on any atom is 0.243 e. The predicted molar refractivity (Wildman–Crippen MR) is 80.4 cm³/mol. The second-order valence-corrected chi connectivity index (χ2v) is 7.47. The fraction of sp³-hybridized carbons (Fsp3) is 0.500. The highest BCUT2D eigenvalue weighted by Gasteiger charge is 2.23. The van der Waals surface area contributed by atoms with E-state index in [1.165, 1.54) is 4.31 Å². The fourth-order valence-corrected chi connectivity index (χ4v) is 3.63. The van der Waals surface area contributed by atoms with Crippen LogP contribution in [-0.4, -0.2) is 51.9 Å². The van der Waals surface area contributed by atoms with Crippen LogP contribution in [0.5, 0.6) is 0 Å². The van der Waals surface area contributed by atoms with Crippen molar-refractivity contribution in [1.82, 2.24) is 9.21 Å². The molecular formula is C12H20BrN3O2S. The summed E-state index contributed by atoms with van der Waals surface area (Å²) in [5, 5.41) is 0. The molecule has 2 N–H and O–H groups in total. The Kier molecular flexibility index (Phi) is 5.94. The first-order valence-electron chi connectivity index (χ1n) is 5.88. The van der Waals surface area contributed by atoms with E-state index in [0.29, 0.717) is 24.1 Å². The van der Waals surface area contributed by atoms with Gasteiger partial charge in [0.1, 0.15) is 0 Å². The molecule has 5 nitrogen and oxygen atoms in total. The van der Waals surface area contributed by atoms with Crippen LogP contribution >= 0.6 is 15.9 Å². The number of hydrogen-bond donors (Lipinski definition) is 1. The van der Waals surface area contributed by atoms with E-state index in [4.69, 9.17) is 5.73 Å². The third-order valence-electron chi connectivity index (χ3n) is 2.78. The summed E-state index contributed by atoms with van der Waals surface area (Å²) in [6.45, 7) is 1.43. The molecule has 0 aromatic heterocycles. The molecule has 0 heterocycles. The Balaban J connectivity index is 3.05. The molecule has 0 saturated carbocycles. The zero-order valence-electron chi connectivity index (χ0n) is 11.4. The number of sulfonamides is 1. The topological polar surface area (TPSA) is 66.6 Å². The molecule has 1 aromatic carbocycles. The van der Waals surface area contributed by atoms with Gasteiger partial charge >= 0.3 is 0 Å². The number of hydrogen-bond acceptors (Lipinski definition) is 4. The van der Waals surface area contributed by atoms with Gasteiger partial charge in [0.15, 0.2) is 0 Å². The Labute approximate surface area is 123 Å². The van der Waals surface area contributed by atoms with Crippen LogP contribution < -0.4 is 5.73 Å². The molecule has 0 saturated heterocycles.